The lowest BCUT2D eigenvalue weighted by molar-refractivity contribution is 0.0904. The second-order valence-electron chi connectivity index (χ2n) is 4.94. The molecule has 0 aliphatic carbocycles. The van der Waals surface area contributed by atoms with Gasteiger partial charge in [0.15, 0.2) is 5.82 Å². The van der Waals surface area contributed by atoms with Gasteiger partial charge in [0.05, 0.1) is 11.3 Å². The maximum absolute atomic E-state index is 13.6. The quantitative estimate of drug-likeness (QED) is 0.814. The fourth-order valence-electron chi connectivity index (χ4n) is 1.84. The molecule has 0 spiro atoms. The van der Waals surface area contributed by atoms with E-state index in [0.717, 1.165) is 25.0 Å². The van der Waals surface area contributed by atoms with Gasteiger partial charge in [-0.2, -0.15) is 0 Å². The molecule has 18 heavy (non-hydrogen) atoms. The van der Waals surface area contributed by atoms with E-state index in [9.17, 15) is 13.6 Å². The first-order chi connectivity index (χ1) is 8.26. The van der Waals surface area contributed by atoms with Gasteiger partial charge < -0.3 is 11.1 Å². The number of halogens is 2. The molecule has 0 atom stereocenters. The molecule has 0 radical (unpaired) electrons. The lowest BCUT2D eigenvalue weighted by Gasteiger charge is -2.26. The molecule has 100 valence electrons. The Labute approximate surface area is 105 Å². The zero-order valence-corrected chi connectivity index (χ0v) is 10.8. The minimum absolute atomic E-state index is 0.364. The van der Waals surface area contributed by atoms with Crippen molar-refractivity contribution in [3.63, 3.8) is 0 Å². The zero-order valence-electron chi connectivity index (χ0n) is 10.8. The molecule has 0 aromatic heterocycles. The molecule has 1 aromatic carbocycles. The highest BCUT2D eigenvalue weighted by Gasteiger charge is 2.23. The summed E-state index contributed by atoms with van der Waals surface area (Å²) in [5.41, 5.74) is 4.08. The first-order valence-electron chi connectivity index (χ1n) is 5.84. The number of benzene rings is 1. The highest BCUT2D eigenvalue weighted by molar-refractivity contribution is 5.95. The fourth-order valence-corrected chi connectivity index (χ4v) is 1.84. The highest BCUT2D eigenvalue weighted by Crippen LogP contribution is 2.19. The normalized spacial score (nSPS) is 11.4. The van der Waals surface area contributed by atoms with E-state index < -0.39 is 23.1 Å². The molecule has 0 fully saturated rings. The van der Waals surface area contributed by atoms with Gasteiger partial charge >= 0.3 is 0 Å². The summed E-state index contributed by atoms with van der Waals surface area (Å²) in [6.45, 7) is 5.64. The Bertz CT molecular complexity index is 459. The minimum Gasteiger partial charge on any atom is -0.396 e. The summed E-state index contributed by atoms with van der Waals surface area (Å²) >= 11 is 0. The molecule has 0 bridgehead atoms. The van der Waals surface area contributed by atoms with Crippen LogP contribution >= 0.6 is 0 Å². The number of carbonyl (C=O) groups is 1. The van der Waals surface area contributed by atoms with Gasteiger partial charge in [0.1, 0.15) is 5.82 Å². The largest absolute Gasteiger partial charge is 0.396 e. The van der Waals surface area contributed by atoms with Gasteiger partial charge in [-0.1, -0.05) is 13.3 Å². The van der Waals surface area contributed by atoms with Crippen molar-refractivity contribution in [1.29, 1.82) is 0 Å². The van der Waals surface area contributed by atoms with Crippen molar-refractivity contribution in [1.82, 2.24) is 5.32 Å². The summed E-state index contributed by atoms with van der Waals surface area (Å²) in [6.07, 6.45) is 1.62. The number of carbonyl (C=O) groups excluding carboxylic acids is 1. The Morgan fingerprint density at radius 1 is 1.39 bits per heavy atom. The molecule has 3 nitrogen and oxygen atoms in total. The van der Waals surface area contributed by atoms with Crippen molar-refractivity contribution in [3.05, 3.63) is 29.3 Å². The molecule has 0 unspecified atom stereocenters. The minimum atomic E-state index is -0.888. The van der Waals surface area contributed by atoms with Crippen LogP contribution in [-0.2, 0) is 0 Å². The lowest BCUT2D eigenvalue weighted by atomic mass is 9.98. The van der Waals surface area contributed by atoms with Gasteiger partial charge in [0.25, 0.3) is 5.91 Å². The van der Waals surface area contributed by atoms with Crippen molar-refractivity contribution in [2.45, 2.75) is 39.2 Å². The number of nitrogen functional groups attached to an aromatic ring is 1. The standard InChI is InChI=1S/C13H18F2N2O/c1-4-5-13(2,3)17-12(18)9-6-8(14)7-10(16)11(9)15/h6-7H,4-5,16H2,1-3H3,(H,17,18). The SMILES string of the molecule is CCCC(C)(C)NC(=O)c1cc(F)cc(N)c1F. The van der Waals surface area contributed by atoms with Crippen molar-refractivity contribution in [2.75, 3.05) is 5.73 Å². The summed E-state index contributed by atoms with van der Waals surface area (Å²) in [6, 6.07) is 1.70. The molecule has 1 aromatic rings. The molecular weight excluding hydrogens is 238 g/mol. The maximum Gasteiger partial charge on any atom is 0.254 e. The topological polar surface area (TPSA) is 55.1 Å². The van der Waals surface area contributed by atoms with Crippen LogP contribution in [0.25, 0.3) is 0 Å². The number of rotatable bonds is 4. The van der Waals surface area contributed by atoms with Crippen LogP contribution in [0.1, 0.15) is 44.0 Å². The number of amides is 1. The third-order valence-electron chi connectivity index (χ3n) is 2.64. The van der Waals surface area contributed by atoms with Gasteiger partial charge in [-0.15, -0.1) is 0 Å². The third-order valence-corrected chi connectivity index (χ3v) is 2.64. The zero-order chi connectivity index (χ0) is 13.9. The Morgan fingerprint density at radius 2 is 2.00 bits per heavy atom. The van der Waals surface area contributed by atoms with E-state index >= 15 is 0 Å². The Kier molecular flexibility index (Phi) is 4.27. The Hall–Kier alpha value is -1.65. The second kappa shape index (κ2) is 5.33. The second-order valence-corrected chi connectivity index (χ2v) is 4.94. The summed E-state index contributed by atoms with van der Waals surface area (Å²) < 4.78 is 26.8. The molecule has 1 amide bonds. The van der Waals surface area contributed by atoms with Crippen LogP contribution in [0.3, 0.4) is 0 Å². The van der Waals surface area contributed by atoms with E-state index in [0.29, 0.717) is 0 Å². The van der Waals surface area contributed by atoms with E-state index in [1.165, 1.54) is 0 Å². The molecular formula is C13H18F2N2O. The summed E-state index contributed by atoms with van der Waals surface area (Å²) in [7, 11) is 0. The number of anilines is 1. The lowest BCUT2D eigenvalue weighted by Crippen LogP contribution is -2.43. The molecule has 0 heterocycles. The van der Waals surface area contributed by atoms with Crippen LogP contribution in [0.5, 0.6) is 0 Å². The van der Waals surface area contributed by atoms with Gasteiger partial charge in [-0.3, -0.25) is 4.79 Å². The number of nitrogens with two attached hydrogens (primary N) is 1. The third kappa shape index (κ3) is 3.42. The van der Waals surface area contributed by atoms with Crippen LogP contribution in [0.4, 0.5) is 14.5 Å². The predicted molar refractivity (Wildman–Crippen MR) is 67.2 cm³/mol. The maximum atomic E-state index is 13.6. The summed E-state index contributed by atoms with van der Waals surface area (Å²) in [5, 5.41) is 2.67. The van der Waals surface area contributed by atoms with Crippen molar-refractivity contribution in [2.24, 2.45) is 0 Å². The average molecular weight is 256 g/mol. The van der Waals surface area contributed by atoms with Crippen LogP contribution in [-0.4, -0.2) is 11.4 Å². The van der Waals surface area contributed by atoms with E-state index in [4.69, 9.17) is 5.73 Å². The Balaban J connectivity index is 2.98. The van der Waals surface area contributed by atoms with E-state index in [-0.39, 0.29) is 11.3 Å². The number of hydrogen-bond donors (Lipinski definition) is 2. The molecule has 0 aliphatic heterocycles. The van der Waals surface area contributed by atoms with Crippen molar-refractivity contribution >= 4 is 11.6 Å². The summed E-state index contributed by atoms with van der Waals surface area (Å²) in [5.74, 6) is -2.27. The first kappa shape index (κ1) is 14.4. The summed E-state index contributed by atoms with van der Waals surface area (Å²) in [4.78, 5) is 11.9. The van der Waals surface area contributed by atoms with Crippen molar-refractivity contribution < 1.29 is 13.6 Å². The molecule has 1 rings (SSSR count). The molecule has 5 heteroatoms. The van der Waals surface area contributed by atoms with Crippen LogP contribution in [0.15, 0.2) is 12.1 Å². The fraction of sp³-hybridized carbons (Fsp3) is 0.462. The highest BCUT2D eigenvalue weighted by atomic mass is 19.1. The first-order valence-corrected chi connectivity index (χ1v) is 5.84. The smallest absolute Gasteiger partial charge is 0.254 e. The molecule has 0 saturated heterocycles. The van der Waals surface area contributed by atoms with Crippen LogP contribution in [0, 0.1) is 11.6 Å². The Morgan fingerprint density at radius 3 is 2.56 bits per heavy atom. The van der Waals surface area contributed by atoms with E-state index in [1.807, 2.05) is 20.8 Å². The van der Waals surface area contributed by atoms with Gasteiger partial charge in [-0.05, 0) is 32.4 Å². The van der Waals surface area contributed by atoms with Gasteiger partial charge in [0, 0.05) is 5.54 Å². The van der Waals surface area contributed by atoms with E-state index in [2.05, 4.69) is 5.32 Å². The van der Waals surface area contributed by atoms with Gasteiger partial charge in [-0.25, -0.2) is 8.78 Å². The molecule has 3 N–H and O–H groups in total. The van der Waals surface area contributed by atoms with Crippen LogP contribution in [0.2, 0.25) is 0 Å². The van der Waals surface area contributed by atoms with E-state index in [1.54, 1.807) is 0 Å². The monoisotopic (exact) mass is 256 g/mol. The molecule has 0 saturated carbocycles. The average Bonchev–Trinajstić information content (AvgIpc) is 2.22. The molecule has 0 aliphatic rings. The van der Waals surface area contributed by atoms with Gasteiger partial charge in [0.2, 0.25) is 0 Å². The number of nitrogens with one attached hydrogen (secondary N) is 1. The predicted octanol–water partition coefficient (Wildman–Crippen LogP) is 2.86. The van der Waals surface area contributed by atoms with Crippen molar-refractivity contribution in [3.8, 4) is 0 Å². The number of hydrogen-bond acceptors (Lipinski definition) is 2. The van der Waals surface area contributed by atoms with Crippen LogP contribution < -0.4 is 11.1 Å².